The van der Waals surface area contributed by atoms with E-state index < -0.39 is 0 Å². The van der Waals surface area contributed by atoms with Crippen molar-refractivity contribution in [2.24, 2.45) is 0 Å². The minimum absolute atomic E-state index is 0.280. The van der Waals surface area contributed by atoms with Crippen LogP contribution in [0.5, 0.6) is 23.0 Å². The lowest BCUT2D eigenvalue weighted by atomic mass is 9.62. The molecule has 2 aromatic rings. The van der Waals surface area contributed by atoms with Crippen LogP contribution >= 0.6 is 0 Å². The molecule has 3 rings (SSSR count). The molecule has 27 heavy (non-hydrogen) atoms. The first-order valence-electron chi connectivity index (χ1n) is 9.24. The van der Waals surface area contributed by atoms with Crippen LogP contribution in [0.4, 0.5) is 0 Å². The molecule has 2 aromatic carbocycles. The number of rotatable bonds is 6. The van der Waals surface area contributed by atoms with Gasteiger partial charge >= 0.3 is 0 Å². The third kappa shape index (κ3) is 3.25. The molecule has 0 saturated heterocycles. The predicted octanol–water partition coefficient (Wildman–Crippen LogP) is 5.14. The summed E-state index contributed by atoms with van der Waals surface area (Å²) in [6.45, 7) is 4.47. The monoisotopic (exact) mass is 368 g/mol. The molecule has 1 saturated carbocycles. The van der Waals surface area contributed by atoms with Crippen LogP contribution in [0.3, 0.4) is 0 Å². The van der Waals surface area contributed by atoms with E-state index in [2.05, 4.69) is 30.8 Å². The van der Waals surface area contributed by atoms with E-state index in [1.807, 2.05) is 12.1 Å². The highest BCUT2D eigenvalue weighted by atomic mass is 16.5. The van der Waals surface area contributed by atoms with Crippen LogP contribution in [0.2, 0.25) is 0 Å². The molecular weight excluding hydrogens is 340 g/mol. The SMILES string of the molecule is C=C1CCCCC1(c1ccc(OC)c(OC)c1)c1ccc(OC)c(OC)c1. The van der Waals surface area contributed by atoms with Gasteiger partial charge in [-0.05, 0) is 54.7 Å². The van der Waals surface area contributed by atoms with E-state index in [4.69, 9.17) is 18.9 Å². The van der Waals surface area contributed by atoms with E-state index >= 15 is 0 Å². The first-order valence-corrected chi connectivity index (χ1v) is 9.24. The normalized spacial score (nSPS) is 15.9. The van der Waals surface area contributed by atoms with Crippen molar-refractivity contribution in [3.8, 4) is 23.0 Å². The van der Waals surface area contributed by atoms with Gasteiger partial charge in [0.05, 0.1) is 28.4 Å². The average molecular weight is 368 g/mol. The summed E-state index contributed by atoms with van der Waals surface area (Å²) in [5.74, 6) is 2.91. The second-order valence-electron chi connectivity index (χ2n) is 6.86. The van der Waals surface area contributed by atoms with Crippen molar-refractivity contribution < 1.29 is 18.9 Å². The molecule has 0 aromatic heterocycles. The molecule has 1 aliphatic rings. The predicted molar refractivity (Wildman–Crippen MR) is 107 cm³/mol. The zero-order valence-corrected chi connectivity index (χ0v) is 16.6. The van der Waals surface area contributed by atoms with Gasteiger partial charge in [0.1, 0.15) is 0 Å². The molecule has 0 aliphatic heterocycles. The second kappa shape index (κ2) is 7.95. The lowest BCUT2D eigenvalue weighted by Crippen LogP contribution is -2.32. The Morgan fingerprint density at radius 1 is 0.704 bits per heavy atom. The first-order chi connectivity index (χ1) is 13.1. The topological polar surface area (TPSA) is 36.9 Å². The maximum Gasteiger partial charge on any atom is 0.161 e. The Morgan fingerprint density at radius 3 is 1.59 bits per heavy atom. The molecule has 4 heteroatoms. The minimum Gasteiger partial charge on any atom is -0.493 e. The van der Waals surface area contributed by atoms with E-state index in [1.54, 1.807) is 28.4 Å². The minimum atomic E-state index is -0.280. The fourth-order valence-corrected chi connectivity index (χ4v) is 4.19. The third-order valence-electron chi connectivity index (χ3n) is 5.64. The van der Waals surface area contributed by atoms with Crippen molar-refractivity contribution in [2.75, 3.05) is 28.4 Å². The van der Waals surface area contributed by atoms with Gasteiger partial charge in [-0.2, -0.15) is 0 Å². The fourth-order valence-electron chi connectivity index (χ4n) is 4.19. The van der Waals surface area contributed by atoms with Crippen LogP contribution in [0.1, 0.15) is 36.8 Å². The first kappa shape index (κ1) is 19.2. The lowest BCUT2D eigenvalue weighted by molar-refractivity contribution is 0.350. The van der Waals surface area contributed by atoms with Crippen molar-refractivity contribution in [3.63, 3.8) is 0 Å². The molecule has 0 unspecified atom stereocenters. The average Bonchev–Trinajstić information content (AvgIpc) is 2.73. The number of allylic oxidation sites excluding steroid dienone is 1. The van der Waals surface area contributed by atoms with Crippen LogP contribution in [0, 0.1) is 0 Å². The highest BCUT2D eigenvalue weighted by Crippen LogP contribution is 2.50. The zero-order valence-electron chi connectivity index (χ0n) is 16.6. The van der Waals surface area contributed by atoms with Gasteiger partial charge in [-0.15, -0.1) is 0 Å². The van der Waals surface area contributed by atoms with Crippen LogP contribution in [-0.4, -0.2) is 28.4 Å². The van der Waals surface area contributed by atoms with E-state index in [-0.39, 0.29) is 5.41 Å². The number of benzene rings is 2. The van der Waals surface area contributed by atoms with Crippen LogP contribution in [0.15, 0.2) is 48.6 Å². The van der Waals surface area contributed by atoms with Crippen molar-refractivity contribution in [1.29, 1.82) is 0 Å². The molecule has 0 radical (unpaired) electrons. The van der Waals surface area contributed by atoms with Gasteiger partial charge in [0.2, 0.25) is 0 Å². The van der Waals surface area contributed by atoms with Gasteiger partial charge in [0, 0.05) is 5.41 Å². The molecule has 0 bridgehead atoms. The van der Waals surface area contributed by atoms with Crippen LogP contribution in [0.25, 0.3) is 0 Å². The summed E-state index contributed by atoms with van der Waals surface area (Å²) in [5.41, 5.74) is 3.26. The molecular formula is C23H28O4. The molecule has 144 valence electrons. The Bertz CT molecular complexity index is 770. The molecule has 0 amide bonds. The number of hydrogen-bond acceptors (Lipinski definition) is 4. The van der Waals surface area contributed by atoms with E-state index in [1.165, 1.54) is 12.0 Å². The Morgan fingerprint density at radius 2 is 1.19 bits per heavy atom. The smallest absolute Gasteiger partial charge is 0.161 e. The lowest BCUT2D eigenvalue weighted by Gasteiger charge is -2.41. The molecule has 0 atom stereocenters. The molecule has 0 spiro atoms. The Hall–Kier alpha value is -2.62. The summed E-state index contributed by atoms with van der Waals surface area (Å²) in [6.07, 6.45) is 4.31. The maximum atomic E-state index is 5.57. The molecule has 0 heterocycles. The number of ether oxygens (including phenoxy) is 4. The molecule has 0 N–H and O–H groups in total. The molecule has 4 nitrogen and oxygen atoms in total. The Balaban J connectivity index is 2.21. The quantitative estimate of drug-likeness (QED) is 0.662. The summed E-state index contributed by atoms with van der Waals surface area (Å²) in [4.78, 5) is 0. The van der Waals surface area contributed by atoms with Crippen molar-refractivity contribution >= 4 is 0 Å². The van der Waals surface area contributed by atoms with E-state index in [9.17, 15) is 0 Å². The number of hydrogen-bond donors (Lipinski definition) is 0. The summed E-state index contributed by atoms with van der Waals surface area (Å²) in [6, 6.07) is 12.3. The van der Waals surface area contributed by atoms with Gasteiger partial charge in [-0.1, -0.05) is 30.7 Å². The summed E-state index contributed by atoms with van der Waals surface area (Å²) < 4.78 is 22.0. The standard InChI is InChI=1S/C23H28O4/c1-16-8-6-7-13-23(16,17-9-11-19(24-2)21(14-17)26-4)18-10-12-20(25-3)22(15-18)27-5/h9-12,14-15H,1,6-8,13H2,2-5H3. The van der Waals surface area contributed by atoms with Gasteiger partial charge in [-0.25, -0.2) is 0 Å². The fraction of sp³-hybridized carbons (Fsp3) is 0.391. The van der Waals surface area contributed by atoms with Crippen molar-refractivity contribution in [2.45, 2.75) is 31.1 Å². The number of methoxy groups -OCH3 is 4. The Labute approximate surface area is 161 Å². The van der Waals surface area contributed by atoms with Gasteiger partial charge < -0.3 is 18.9 Å². The zero-order chi connectivity index (χ0) is 19.4. The Kier molecular flexibility index (Phi) is 5.64. The van der Waals surface area contributed by atoms with Gasteiger partial charge in [0.15, 0.2) is 23.0 Å². The van der Waals surface area contributed by atoms with Crippen LogP contribution in [-0.2, 0) is 5.41 Å². The van der Waals surface area contributed by atoms with Crippen molar-refractivity contribution in [1.82, 2.24) is 0 Å². The summed E-state index contributed by atoms with van der Waals surface area (Å²) in [5, 5.41) is 0. The molecule has 1 aliphatic carbocycles. The van der Waals surface area contributed by atoms with Gasteiger partial charge in [-0.3, -0.25) is 0 Å². The maximum absolute atomic E-state index is 5.57. The largest absolute Gasteiger partial charge is 0.493 e. The van der Waals surface area contributed by atoms with Crippen molar-refractivity contribution in [3.05, 3.63) is 59.7 Å². The summed E-state index contributed by atoms with van der Waals surface area (Å²) >= 11 is 0. The van der Waals surface area contributed by atoms with Crippen LogP contribution < -0.4 is 18.9 Å². The van der Waals surface area contributed by atoms with Gasteiger partial charge in [0.25, 0.3) is 0 Å². The second-order valence-corrected chi connectivity index (χ2v) is 6.86. The highest BCUT2D eigenvalue weighted by Gasteiger charge is 2.39. The highest BCUT2D eigenvalue weighted by molar-refractivity contribution is 5.56. The van der Waals surface area contributed by atoms with E-state index in [0.29, 0.717) is 0 Å². The molecule has 1 fully saturated rings. The van der Waals surface area contributed by atoms with E-state index in [0.717, 1.165) is 53.4 Å². The third-order valence-corrected chi connectivity index (χ3v) is 5.64. The summed E-state index contributed by atoms with van der Waals surface area (Å²) in [7, 11) is 6.64.